The Balaban J connectivity index is 2.89. The monoisotopic (exact) mass is 241 g/mol. The predicted octanol–water partition coefficient (Wildman–Crippen LogP) is 5.15. The Morgan fingerprint density at radius 3 is 1.82 bits per heavy atom. The van der Waals surface area contributed by atoms with Crippen molar-refractivity contribution in [3.8, 4) is 0 Å². The fourth-order valence-electron chi connectivity index (χ4n) is 2.13. The number of rotatable bonds is 13. The SMILES string of the molecule is CCCCCCCCNCCCCCC(C)C. The van der Waals surface area contributed by atoms with Gasteiger partial charge in [-0.25, -0.2) is 0 Å². The van der Waals surface area contributed by atoms with Gasteiger partial charge in [0.25, 0.3) is 0 Å². The lowest BCUT2D eigenvalue weighted by molar-refractivity contribution is 0.509. The Labute approximate surface area is 110 Å². The Morgan fingerprint density at radius 2 is 1.24 bits per heavy atom. The molecule has 0 atom stereocenters. The zero-order chi connectivity index (χ0) is 12.8. The van der Waals surface area contributed by atoms with E-state index in [0.29, 0.717) is 0 Å². The third-order valence-corrected chi connectivity index (χ3v) is 3.34. The molecule has 0 spiro atoms. The summed E-state index contributed by atoms with van der Waals surface area (Å²) >= 11 is 0. The van der Waals surface area contributed by atoms with Gasteiger partial charge in [0.05, 0.1) is 0 Å². The molecule has 0 amide bonds. The summed E-state index contributed by atoms with van der Waals surface area (Å²) in [5.74, 6) is 0.881. The third kappa shape index (κ3) is 16.0. The Bertz CT molecular complexity index is 131. The summed E-state index contributed by atoms with van der Waals surface area (Å²) < 4.78 is 0. The molecule has 0 aliphatic rings. The van der Waals surface area contributed by atoms with E-state index in [1.54, 1.807) is 0 Å². The third-order valence-electron chi connectivity index (χ3n) is 3.34. The minimum atomic E-state index is 0.881. The summed E-state index contributed by atoms with van der Waals surface area (Å²) in [4.78, 5) is 0. The van der Waals surface area contributed by atoms with Crippen LogP contribution in [0.15, 0.2) is 0 Å². The second-order valence-electron chi connectivity index (χ2n) is 5.76. The summed E-state index contributed by atoms with van der Waals surface area (Å²) in [5, 5.41) is 3.56. The Morgan fingerprint density at radius 1 is 0.706 bits per heavy atom. The molecule has 0 aromatic carbocycles. The van der Waals surface area contributed by atoms with E-state index >= 15 is 0 Å². The quantitative estimate of drug-likeness (QED) is 0.440. The van der Waals surface area contributed by atoms with Crippen molar-refractivity contribution < 1.29 is 0 Å². The Hall–Kier alpha value is -0.0400. The molecule has 0 rings (SSSR count). The molecule has 0 bridgehead atoms. The van der Waals surface area contributed by atoms with Crippen molar-refractivity contribution in [1.82, 2.24) is 5.32 Å². The summed E-state index contributed by atoms with van der Waals surface area (Å²) in [6.07, 6.45) is 14.0. The molecule has 0 saturated heterocycles. The van der Waals surface area contributed by atoms with Crippen LogP contribution in [0.4, 0.5) is 0 Å². The highest BCUT2D eigenvalue weighted by Gasteiger charge is 1.94. The maximum atomic E-state index is 3.56. The van der Waals surface area contributed by atoms with Crippen molar-refractivity contribution in [2.45, 2.75) is 85.0 Å². The molecular weight excluding hydrogens is 206 g/mol. The van der Waals surface area contributed by atoms with Crippen LogP contribution in [0.3, 0.4) is 0 Å². The molecule has 0 aliphatic heterocycles. The van der Waals surface area contributed by atoms with Gasteiger partial charge in [-0.05, 0) is 31.8 Å². The minimum Gasteiger partial charge on any atom is -0.317 e. The van der Waals surface area contributed by atoms with E-state index in [9.17, 15) is 0 Å². The smallest absolute Gasteiger partial charge is 0.00489 e. The van der Waals surface area contributed by atoms with Gasteiger partial charge in [-0.1, -0.05) is 72.1 Å². The summed E-state index contributed by atoms with van der Waals surface area (Å²) in [6, 6.07) is 0. The lowest BCUT2D eigenvalue weighted by Gasteiger charge is -2.06. The summed E-state index contributed by atoms with van der Waals surface area (Å²) in [6.45, 7) is 9.37. The fourth-order valence-corrected chi connectivity index (χ4v) is 2.13. The van der Waals surface area contributed by atoms with Gasteiger partial charge in [0.2, 0.25) is 0 Å². The van der Waals surface area contributed by atoms with E-state index in [1.165, 1.54) is 77.3 Å². The molecule has 0 saturated carbocycles. The number of unbranched alkanes of at least 4 members (excludes halogenated alkanes) is 7. The average molecular weight is 241 g/mol. The van der Waals surface area contributed by atoms with E-state index in [0.717, 1.165) is 5.92 Å². The van der Waals surface area contributed by atoms with Crippen LogP contribution < -0.4 is 5.32 Å². The van der Waals surface area contributed by atoms with Gasteiger partial charge in [-0.2, -0.15) is 0 Å². The Kier molecular flexibility index (Phi) is 14.0. The van der Waals surface area contributed by atoms with E-state index in [-0.39, 0.29) is 0 Å². The van der Waals surface area contributed by atoms with Crippen molar-refractivity contribution in [3.05, 3.63) is 0 Å². The van der Waals surface area contributed by atoms with Crippen LogP contribution >= 0.6 is 0 Å². The molecule has 1 N–H and O–H groups in total. The largest absolute Gasteiger partial charge is 0.317 e. The van der Waals surface area contributed by atoms with Crippen molar-refractivity contribution in [2.24, 2.45) is 5.92 Å². The van der Waals surface area contributed by atoms with Gasteiger partial charge >= 0.3 is 0 Å². The number of hydrogen-bond donors (Lipinski definition) is 1. The van der Waals surface area contributed by atoms with E-state index in [4.69, 9.17) is 0 Å². The maximum Gasteiger partial charge on any atom is -0.00489 e. The van der Waals surface area contributed by atoms with Crippen molar-refractivity contribution >= 4 is 0 Å². The highest BCUT2D eigenvalue weighted by atomic mass is 14.8. The zero-order valence-electron chi connectivity index (χ0n) is 12.6. The van der Waals surface area contributed by atoms with E-state index in [1.807, 2.05) is 0 Å². The molecule has 0 aromatic rings. The maximum absolute atomic E-state index is 3.56. The van der Waals surface area contributed by atoms with Crippen LogP contribution in [0.1, 0.15) is 85.0 Å². The van der Waals surface area contributed by atoms with Gasteiger partial charge in [-0.3, -0.25) is 0 Å². The average Bonchev–Trinajstić information content (AvgIpc) is 2.30. The van der Waals surface area contributed by atoms with Crippen LogP contribution in [0.25, 0.3) is 0 Å². The molecule has 0 aromatic heterocycles. The first-order valence-corrected chi connectivity index (χ1v) is 7.98. The molecule has 1 nitrogen and oxygen atoms in total. The zero-order valence-corrected chi connectivity index (χ0v) is 12.6. The van der Waals surface area contributed by atoms with Gasteiger partial charge in [0, 0.05) is 0 Å². The van der Waals surface area contributed by atoms with Crippen LogP contribution in [-0.2, 0) is 0 Å². The second kappa shape index (κ2) is 14.0. The predicted molar refractivity (Wildman–Crippen MR) is 79.6 cm³/mol. The van der Waals surface area contributed by atoms with Crippen molar-refractivity contribution in [1.29, 1.82) is 0 Å². The fraction of sp³-hybridized carbons (Fsp3) is 1.00. The van der Waals surface area contributed by atoms with Crippen molar-refractivity contribution in [3.63, 3.8) is 0 Å². The van der Waals surface area contributed by atoms with Crippen LogP contribution in [0.2, 0.25) is 0 Å². The molecule has 0 unspecified atom stereocenters. The number of hydrogen-bond acceptors (Lipinski definition) is 1. The van der Waals surface area contributed by atoms with Gasteiger partial charge in [-0.15, -0.1) is 0 Å². The molecule has 0 heterocycles. The molecule has 0 aliphatic carbocycles. The van der Waals surface area contributed by atoms with Crippen LogP contribution in [0, 0.1) is 5.92 Å². The van der Waals surface area contributed by atoms with E-state index < -0.39 is 0 Å². The lowest BCUT2D eigenvalue weighted by atomic mass is 10.1. The van der Waals surface area contributed by atoms with Gasteiger partial charge in [0.15, 0.2) is 0 Å². The van der Waals surface area contributed by atoms with Crippen LogP contribution in [0.5, 0.6) is 0 Å². The topological polar surface area (TPSA) is 12.0 Å². The first-order chi connectivity index (χ1) is 8.27. The highest BCUT2D eigenvalue weighted by Crippen LogP contribution is 2.07. The molecular formula is C16H35N. The second-order valence-corrected chi connectivity index (χ2v) is 5.76. The lowest BCUT2D eigenvalue weighted by Crippen LogP contribution is -2.16. The molecule has 104 valence electrons. The standard InChI is InChI=1S/C16H35N/c1-4-5-6-7-8-11-14-17-15-12-9-10-13-16(2)3/h16-17H,4-15H2,1-3H3. The molecule has 17 heavy (non-hydrogen) atoms. The highest BCUT2D eigenvalue weighted by molar-refractivity contribution is 4.52. The normalized spacial score (nSPS) is 11.3. The molecule has 1 heteroatoms. The van der Waals surface area contributed by atoms with Gasteiger partial charge in [0.1, 0.15) is 0 Å². The minimum absolute atomic E-state index is 0.881. The van der Waals surface area contributed by atoms with Crippen molar-refractivity contribution in [2.75, 3.05) is 13.1 Å². The van der Waals surface area contributed by atoms with Crippen LogP contribution in [-0.4, -0.2) is 13.1 Å². The summed E-state index contributed by atoms with van der Waals surface area (Å²) in [5.41, 5.74) is 0. The molecule has 0 fully saturated rings. The molecule has 0 radical (unpaired) electrons. The first kappa shape index (κ1) is 17.0. The first-order valence-electron chi connectivity index (χ1n) is 7.98. The summed E-state index contributed by atoms with van der Waals surface area (Å²) in [7, 11) is 0. The van der Waals surface area contributed by atoms with E-state index in [2.05, 4.69) is 26.1 Å². The number of nitrogens with one attached hydrogen (secondary N) is 1. The van der Waals surface area contributed by atoms with Gasteiger partial charge < -0.3 is 5.32 Å².